The van der Waals surface area contributed by atoms with Crippen LogP contribution in [0.15, 0.2) is 36.4 Å². The molecule has 0 bridgehead atoms. The normalized spacial score (nSPS) is 12.5. The standard InChI is InChI=1S/C16H17ClFN/c1-10-4-6-14(18)7-12(10)8-16(19)15-9-13(17)5-3-11(15)2/h3-7,9,16H,8,19H2,1-2H3. The summed E-state index contributed by atoms with van der Waals surface area (Å²) < 4.78 is 13.3. The largest absolute Gasteiger partial charge is 0.324 e. The summed E-state index contributed by atoms with van der Waals surface area (Å²) in [5.74, 6) is -0.226. The highest BCUT2D eigenvalue weighted by atomic mass is 35.5. The van der Waals surface area contributed by atoms with Gasteiger partial charge in [0.25, 0.3) is 0 Å². The lowest BCUT2D eigenvalue weighted by Gasteiger charge is -2.16. The van der Waals surface area contributed by atoms with Gasteiger partial charge in [0.05, 0.1) is 0 Å². The molecule has 0 aliphatic carbocycles. The SMILES string of the molecule is Cc1ccc(F)cc1CC(N)c1cc(Cl)ccc1C. The highest BCUT2D eigenvalue weighted by Crippen LogP contribution is 2.24. The number of hydrogen-bond acceptors (Lipinski definition) is 1. The van der Waals surface area contributed by atoms with Gasteiger partial charge in [0.2, 0.25) is 0 Å². The summed E-state index contributed by atoms with van der Waals surface area (Å²) in [7, 11) is 0. The van der Waals surface area contributed by atoms with E-state index in [0.717, 1.165) is 22.3 Å². The lowest BCUT2D eigenvalue weighted by Crippen LogP contribution is -2.15. The maximum atomic E-state index is 13.3. The van der Waals surface area contributed by atoms with Crippen LogP contribution in [0.4, 0.5) is 4.39 Å². The second-order valence-corrected chi connectivity index (χ2v) is 5.32. The van der Waals surface area contributed by atoms with Crippen LogP contribution >= 0.6 is 11.6 Å². The Morgan fingerprint density at radius 2 is 1.79 bits per heavy atom. The molecule has 1 atom stereocenters. The molecule has 2 N–H and O–H groups in total. The maximum Gasteiger partial charge on any atom is 0.123 e. The molecule has 2 rings (SSSR count). The topological polar surface area (TPSA) is 26.0 Å². The number of rotatable bonds is 3. The number of halogens is 2. The fourth-order valence-electron chi connectivity index (χ4n) is 2.22. The first-order valence-corrected chi connectivity index (χ1v) is 6.62. The van der Waals surface area contributed by atoms with Gasteiger partial charge >= 0.3 is 0 Å². The molecule has 1 nitrogen and oxygen atoms in total. The molecule has 0 aliphatic rings. The first-order valence-electron chi connectivity index (χ1n) is 6.24. The van der Waals surface area contributed by atoms with Gasteiger partial charge in [0.15, 0.2) is 0 Å². The molecule has 2 aromatic rings. The molecule has 0 spiro atoms. The fraction of sp³-hybridized carbons (Fsp3) is 0.250. The molecular formula is C16H17ClFN. The summed E-state index contributed by atoms with van der Waals surface area (Å²) in [5, 5.41) is 0.673. The lowest BCUT2D eigenvalue weighted by molar-refractivity contribution is 0.620. The van der Waals surface area contributed by atoms with Gasteiger partial charge < -0.3 is 5.73 Å². The Labute approximate surface area is 118 Å². The Kier molecular flexibility index (Phi) is 4.23. The summed E-state index contributed by atoms with van der Waals surface area (Å²) in [6.45, 7) is 3.97. The van der Waals surface area contributed by atoms with Crippen molar-refractivity contribution < 1.29 is 4.39 Å². The average molecular weight is 278 g/mol. The van der Waals surface area contributed by atoms with Crippen molar-refractivity contribution in [3.8, 4) is 0 Å². The van der Waals surface area contributed by atoms with E-state index in [4.69, 9.17) is 17.3 Å². The Hall–Kier alpha value is -1.38. The van der Waals surface area contributed by atoms with Crippen molar-refractivity contribution >= 4 is 11.6 Å². The Balaban J connectivity index is 2.27. The second kappa shape index (κ2) is 5.72. The van der Waals surface area contributed by atoms with Crippen LogP contribution in [0.5, 0.6) is 0 Å². The van der Waals surface area contributed by atoms with Crippen LogP contribution in [-0.2, 0) is 6.42 Å². The Bertz CT molecular complexity index is 595. The third-order valence-electron chi connectivity index (χ3n) is 3.39. The number of hydrogen-bond donors (Lipinski definition) is 1. The van der Waals surface area contributed by atoms with Crippen molar-refractivity contribution in [3.05, 3.63) is 69.5 Å². The molecule has 0 heterocycles. The molecule has 0 saturated carbocycles. The van der Waals surface area contributed by atoms with Gasteiger partial charge in [-0.3, -0.25) is 0 Å². The molecule has 0 aliphatic heterocycles. The molecule has 0 aromatic heterocycles. The van der Waals surface area contributed by atoms with E-state index in [1.165, 1.54) is 6.07 Å². The minimum Gasteiger partial charge on any atom is -0.324 e. The van der Waals surface area contributed by atoms with E-state index in [-0.39, 0.29) is 11.9 Å². The van der Waals surface area contributed by atoms with E-state index in [1.807, 2.05) is 32.0 Å². The molecule has 0 fully saturated rings. The Morgan fingerprint density at radius 1 is 1.11 bits per heavy atom. The number of aryl methyl sites for hydroxylation is 2. The molecule has 19 heavy (non-hydrogen) atoms. The fourth-order valence-corrected chi connectivity index (χ4v) is 2.40. The van der Waals surface area contributed by atoms with Crippen molar-refractivity contribution in [2.24, 2.45) is 5.73 Å². The van der Waals surface area contributed by atoms with Crippen molar-refractivity contribution in [2.75, 3.05) is 0 Å². The highest BCUT2D eigenvalue weighted by molar-refractivity contribution is 6.30. The molecular weight excluding hydrogens is 261 g/mol. The van der Waals surface area contributed by atoms with Crippen LogP contribution in [-0.4, -0.2) is 0 Å². The van der Waals surface area contributed by atoms with Crippen LogP contribution in [0.25, 0.3) is 0 Å². The maximum absolute atomic E-state index is 13.3. The van der Waals surface area contributed by atoms with Gasteiger partial charge in [-0.25, -0.2) is 4.39 Å². The van der Waals surface area contributed by atoms with Gasteiger partial charge in [0, 0.05) is 11.1 Å². The molecule has 3 heteroatoms. The quantitative estimate of drug-likeness (QED) is 0.887. The first kappa shape index (κ1) is 14.0. The monoisotopic (exact) mass is 277 g/mol. The zero-order chi connectivity index (χ0) is 14.0. The van der Waals surface area contributed by atoms with Gasteiger partial charge in [0.1, 0.15) is 5.82 Å². The van der Waals surface area contributed by atoms with Crippen LogP contribution < -0.4 is 5.73 Å². The molecule has 0 saturated heterocycles. The van der Waals surface area contributed by atoms with Crippen LogP contribution in [0.2, 0.25) is 5.02 Å². The molecule has 100 valence electrons. The molecule has 0 radical (unpaired) electrons. The Morgan fingerprint density at radius 3 is 2.53 bits per heavy atom. The van der Waals surface area contributed by atoms with Crippen molar-refractivity contribution in [1.82, 2.24) is 0 Å². The number of nitrogens with two attached hydrogens (primary N) is 1. The van der Waals surface area contributed by atoms with E-state index in [2.05, 4.69) is 0 Å². The van der Waals surface area contributed by atoms with Gasteiger partial charge in [-0.05, 0) is 66.8 Å². The predicted octanol–water partition coefficient (Wildman–Crippen LogP) is 4.34. The number of benzene rings is 2. The summed E-state index contributed by atoms with van der Waals surface area (Å²) >= 11 is 6.00. The second-order valence-electron chi connectivity index (χ2n) is 4.88. The van der Waals surface area contributed by atoms with Crippen LogP contribution in [0.1, 0.15) is 28.3 Å². The first-order chi connectivity index (χ1) is 8.97. The van der Waals surface area contributed by atoms with Gasteiger partial charge in [-0.2, -0.15) is 0 Å². The minimum atomic E-state index is -0.226. The summed E-state index contributed by atoms with van der Waals surface area (Å²) in [4.78, 5) is 0. The third kappa shape index (κ3) is 3.34. The van der Waals surface area contributed by atoms with E-state index >= 15 is 0 Å². The lowest BCUT2D eigenvalue weighted by atomic mass is 9.94. The average Bonchev–Trinajstić information content (AvgIpc) is 2.36. The van der Waals surface area contributed by atoms with Crippen molar-refractivity contribution in [3.63, 3.8) is 0 Å². The van der Waals surface area contributed by atoms with Crippen molar-refractivity contribution in [1.29, 1.82) is 0 Å². The van der Waals surface area contributed by atoms with Crippen LogP contribution in [0.3, 0.4) is 0 Å². The summed E-state index contributed by atoms with van der Waals surface area (Å²) in [6, 6.07) is 10.3. The minimum absolute atomic E-state index is 0.181. The highest BCUT2D eigenvalue weighted by Gasteiger charge is 2.12. The zero-order valence-corrected chi connectivity index (χ0v) is 11.8. The van der Waals surface area contributed by atoms with Gasteiger partial charge in [-0.1, -0.05) is 23.7 Å². The molecule has 1 unspecified atom stereocenters. The summed E-state index contributed by atoms with van der Waals surface area (Å²) in [6.07, 6.45) is 0.602. The zero-order valence-electron chi connectivity index (χ0n) is 11.1. The van der Waals surface area contributed by atoms with E-state index < -0.39 is 0 Å². The van der Waals surface area contributed by atoms with E-state index in [0.29, 0.717) is 11.4 Å². The summed E-state index contributed by atoms with van der Waals surface area (Å²) in [5.41, 5.74) is 10.3. The van der Waals surface area contributed by atoms with E-state index in [9.17, 15) is 4.39 Å². The molecule has 0 amide bonds. The van der Waals surface area contributed by atoms with Crippen LogP contribution in [0, 0.1) is 19.7 Å². The van der Waals surface area contributed by atoms with Gasteiger partial charge in [-0.15, -0.1) is 0 Å². The van der Waals surface area contributed by atoms with E-state index in [1.54, 1.807) is 12.1 Å². The van der Waals surface area contributed by atoms with Crippen molar-refractivity contribution in [2.45, 2.75) is 26.3 Å². The predicted molar refractivity (Wildman–Crippen MR) is 78.0 cm³/mol. The third-order valence-corrected chi connectivity index (χ3v) is 3.63. The smallest absolute Gasteiger partial charge is 0.123 e. The molecule has 2 aromatic carbocycles.